The smallest absolute Gasteiger partial charge is 0.282 e. The lowest BCUT2D eigenvalue weighted by Crippen LogP contribution is -2.25. The highest BCUT2D eigenvalue weighted by molar-refractivity contribution is 14.1. The zero-order chi connectivity index (χ0) is 12.8. The molecule has 0 aliphatic heterocycles. The molecule has 0 aliphatic carbocycles. The summed E-state index contributed by atoms with van der Waals surface area (Å²) in [5.74, 6) is -0.497. The average Bonchev–Trinajstić information content (AvgIpc) is 2.28. The Hall–Kier alpha value is -1.22. The number of nitrogens with one attached hydrogen (secondary N) is 1. The van der Waals surface area contributed by atoms with Gasteiger partial charge < -0.3 is 10.4 Å². The number of nitro benzene ring substituents is 1. The summed E-state index contributed by atoms with van der Waals surface area (Å²) in [5.41, 5.74) is -0.174. The van der Waals surface area contributed by atoms with Gasteiger partial charge in [-0.05, 0) is 41.1 Å². The minimum Gasteiger partial charge on any atom is -0.396 e. The molecule has 1 rings (SSSR count). The number of nitrogens with zero attached hydrogens (tertiary/aromatic N) is 1. The van der Waals surface area contributed by atoms with Gasteiger partial charge >= 0.3 is 0 Å². The van der Waals surface area contributed by atoms with Gasteiger partial charge in [0.25, 0.3) is 11.6 Å². The van der Waals surface area contributed by atoms with Gasteiger partial charge in [-0.2, -0.15) is 0 Å². The number of hydrogen-bond donors (Lipinski definition) is 2. The van der Waals surface area contributed by atoms with Crippen molar-refractivity contribution in [1.29, 1.82) is 0 Å². The van der Waals surface area contributed by atoms with Crippen LogP contribution in [0, 0.1) is 13.7 Å². The van der Waals surface area contributed by atoms with Gasteiger partial charge in [0.05, 0.1) is 4.92 Å². The number of aliphatic hydroxyl groups is 1. The van der Waals surface area contributed by atoms with Crippen molar-refractivity contribution in [2.24, 2.45) is 0 Å². The number of nitro groups is 1. The van der Waals surface area contributed by atoms with E-state index in [0.717, 1.165) is 3.57 Å². The van der Waals surface area contributed by atoms with Crippen LogP contribution in [0.3, 0.4) is 0 Å². The van der Waals surface area contributed by atoms with Gasteiger partial charge in [0.1, 0.15) is 5.56 Å². The third kappa shape index (κ3) is 3.93. The molecular weight excluding hydrogens is 339 g/mol. The van der Waals surface area contributed by atoms with Crippen LogP contribution in [0.1, 0.15) is 16.8 Å². The molecule has 0 fully saturated rings. The largest absolute Gasteiger partial charge is 0.396 e. The van der Waals surface area contributed by atoms with Crippen LogP contribution in [0.25, 0.3) is 0 Å². The van der Waals surface area contributed by atoms with Gasteiger partial charge in [0.2, 0.25) is 0 Å². The maximum absolute atomic E-state index is 11.7. The Balaban J connectivity index is 2.90. The summed E-state index contributed by atoms with van der Waals surface area (Å²) in [5, 5.41) is 21.8. The van der Waals surface area contributed by atoms with Crippen molar-refractivity contribution in [2.75, 3.05) is 13.2 Å². The molecule has 6 nitrogen and oxygen atoms in total. The molecule has 0 aliphatic rings. The Bertz CT molecular complexity index is 436. The fourth-order valence-electron chi connectivity index (χ4n) is 1.23. The zero-order valence-corrected chi connectivity index (χ0v) is 11.0. The summed E-state index contributed by atoms with van der Waals surface area (Å²) in [6.45, 7) is 0.257. The van der Waals surface area contributed by atoms with Crippen LogP contribution in [-0.4, -0.2) is 29.1 Å². The molecule has 0 saturated heterocycles. The molecule has 0 saturated carbocycles. The summed E-state index contributed by atoms with van der Waals surface area (Å²) in [4.78, 5) is 21.9. The van der Waals surface area contributed by atoms with E-state index < -0.39 is 10.8 Å². The maximum atomic E-state index is 11.7. The van der Waals surface area contributed by atoms with Gasteiger partial charge in [0.15, 0.2) is 0 Å². The molecule has 0 atom stereocenters. The van der Waals surface area contributed by atoms with Gasteiger partial charge in [-0.1, -0.05) is 0 Å². The van der Waals surface area contributed by atoms with Crippen LogP contribution in [0.5, 0.6) is 0 Å². The van der Waals surface area contributed by atoms with E-state index in [1.807, 2.05) is 22.6 Å². The quantitative estimate of drug-likeness (QED) is 0.363. The number of halogens is 1. The third-order valence-corrected chi connectivity index (χ3v) is 2.69. The molecule has 2 N–H and O–H groups in total. The minimum atomic E-state index is -0.586. The first-order valence-corrected chi connectivity index (χ1v) is 5.97. The molecule has 0 unspecified atom stereocenters. The number of benzene rings is 1. The number of amides is 1. The monoisotopic (exact) mass is 350 g/mol. The van der Waals surface area contributed by atoms with E-state index in [9.17, 15) is 14.9 Å². The Morgan fingerprint density at radius 2 is 2.24 bits per heavy atom. The van der Waals surface area contributed by atoms with Crippen molar-refractivity contribution in [3.05, 3.63) is 37.4 Å². The lowest BCUT2D eigenvalue weighted by Gasteiger charge is -2.05. The minimum absolute atomic E-state index is 0.0330. The first kappa shape index (κ1) is 13.8. The van der Waals surface area contributed by atoms with Crippen molar-refractivity contribution in [3.8, 4) is 0 Å². The SMILES string of the molecule is O=C(NCCCO)c1cc(I)ccc1[N+](=O)[O-]. The average molecular weight is 350 g/mol. The van der Waals surface area contributed by atoms with E-state index in [4.69, 9.17) is 5.11 Å². The van der Waals surface area contributed by atoms with E-state index in [1.54, 1.807) is 6.07 Å². The van der Waals surface area contributed by atoms with Crippen LogP contribution in [0.2, 0.25) is 0 Å². The highest BCUT2D eigenvalue weighted by Gasteiger charge is 2.19. The van der Waals surface area contributed by atoms with E-state index in [0.29, 0.717) is 6.42 Å². The van der Waals surface area contributed by atoms with Crippen molar-refractivity contribution in [3.63, 3.8) is 0 Å². The molecule has 7 heteroatoms. The fraction of sp³-hybridized carbons (Fsp3) is 0.300. The van der Waals surface area contributed by atoms with Crippen molar-refractivity contribution < 1.29 is 14.8 Å². The molecular formula is C10H11IN2O4. The topological polar surface area (TPSA) is 92.5 Å². The summed E-state index contributed by atoms with van der Waals surface area (Å²) in [6, 6.07) is 4.35. The van der Waals surface area contributed by atoms with E-state index in [-0.39, 0.29) is 24.4 Å². The summed E-state index contributed by atoms with van der Waals surface area (Å²) < 4.78 is 0.750. The predicted molar refractivity (Wildman–Crippen MR) is 69.8 cm³/mol. The van der Waals surface area contributed by atoms with E-state index >= 15 is 0 Å². The van der Waals surface area contributed by atoms with E-state index in [2.05, 4.69) is 5.32 Å². The normalized spacial score (nSPS) is 10.0. The van der Waals surface area contributed by atoms with Gasteiger partial charge in [-0.25, -0.2) is 0 Å². The number of carbonyl (C=O) groups excluding carboxylic acids is 1. The second-order valence-corrected chi connectivity index (χ2v) is 4.50. The van der Waals surface area contributed by atoms with Gasteiger partial charge in [0, 0.05) is 22.8 Å². The number of carbonyl (C=O) groups is 1. The lowest BCUT2D eigenvalue weighted by atomic mass is 10.1. The highest BCUT2D eigenvalue weighted by Crippen LogP contribution is 2.20. The van der Waals surface area contributed by atoms with E-state index in [1.165, 1.54) is 12.1 Å². The van der Waals surface area contributed by atoms with Gasteiger partial charge in [-0.15, -0.1) is 0 Å². The first-order valence-electron chi connectivity index (χ1n) is 4.89. The Labute approximate surface area is 111 Å². The van der Waals surface area contributed by atoms with Gasteiger partial charge in [-0.3, -0.25) is 14.9 Å². The summed E-state index contributed by atoms with van der Waals surface area (Å²) >= 11 is 1.98. The number of hydrogen-bond acceptors (Lipinski definition) is 4. The molecule has 17 heavy (non-hydrogen) atoms. The molecule has 1 amide bonds. The van der Waals surface area contributed by atoms with Crippen molar-refractivity contribution in [2.45, 2.75) is 6.42 Å². The fourth-order valence-corrected chi connectivity index (χ4v) is 1.72. The molecule has 1 aromatic rings. The Morgan fingerprint density at radius 1 is 1.53 bits per heavy atom. The second-order valence-electron chi connectivity index (χ2n) is 3.25. The van der Waals surface area contributed by atoms with Crippen LogP contribution in [-0.2, 0) is 0 Å². The molecule has 1 aromatic carbocycles. The van der Waals surface area contributed by atoms with Crippen molar-refractivity contribution >= 4 is 34.2 Å². The molecule has 0 radical (unpaired) electrons. The Kier molecular flexibility index (Phi) is 5.29. The number of rotatable bonds is 5. The lowest BCUT2D eigenvalue weighted by molar-refractivity contribution is -0.385. The van der Waals surface area contributed by atoms with Crippen LogP contribution >= 0.6 is 22.6 Å². The maximum Gasteiger partial charge on any atom is 0.282 e. The number of aliphatic hydroxyl groups excluding tert-OH is 1. The summed E-state index contributed by atoms with van der Waals surface area (Å²) in [7, 11) is 0. The van der Waals surface area contributed by atoms with Crippen LogP contribution in [0.4, 0.5) is 5.69 Å². The van der Waals surface area contributed by atoms with Crippen LogP contribution in [0.15, 0.2) is 18.2 Å². The third-order valence-electron chi connectivity index (χ3n) is 2.02. The van der Waals surface area contributed by atoms with Crippen molar-refractivity contribution in [1.82, 2.24) is 5.32 Å². The zero-order valence-electron chi connectivity index (χ0n) is 8.85. The molecule has 0 aromatic heterocycles. The predicted octanol–water partition coefficient (Wildman–Crippen LogP) is 1.31. The second kappa shape index (κ2) is 6.50. The summed E-state index contributed by atoms with van der Waals surface area (Å²) in [6.07, 6.45) is 0.420. The molecule has 92 valence electrons. The standard InChI is InChI=1S/C10H11IN2O4/c11-7-2-3-9(13(16)17)8(6-7)10(15)12-4-1-5-14/h2-3,6,14H,1,4-5H2,(H,12,15). The van der Waals surface area contributed by atoms with Crippen LogP contribution < -0.4 is 5.32 Å². The molecule has 0 bridgehead atoms. The first-order chi connectivity index (χ1) is 8.06. The molecule has 0 spiro atoms. The molecule has 0 heterocycles. The highest BCUT2D eigenvalue weighted by atomic mass is 127. The Morgan fingerprint density at radius 3 is 2.82 bits per heavy atom.